The summed E-state index contributed by atoms with van der Waals surface area (Å²) in [6.45, 7) is 0. The van der Waals surface area contributed by atoms with E-state index in [1.165, 1.54) is 0 Å². The van der Waals surface area contributed by atoms with Crippen LogP contribution < -0.4 is 49.6 Å². The van der Waals surface area contributed by atoms with Gasteiger partial charge < -0.3 is 49.6 Å². The van der Waals surface area contributed by atoms with Gasteiger partial charge in [0.05, 0.1) is 0 Å². The van der Waals surface area contributed by atoms with Gasteiger partial charge >= 0.3 is 39.4 Å². The van der Waals surface area contributed by atoms with Gasteiger partial charge in [-0.05, 0) is 0 Å². The molecule has 6 heteroatoms. The van der Waals surface area contributed by atoms with Gasteiger partial charge in [0.2, 0.25) is 0 Å². The van der Waals surface area contributed by atoms with E-state index >= 15 is 0 Å². The van der Waals surface area contributed by atoms with Crippen LogP contribution in [0.5, 0.6) is 0 Å². The molecule has 0 aliphatic heterocycles. The Morgan fingerprint density at radius 2 is 0.500 bits per heavy atom. The van der Waals surface area contributed by atoms with Crippen molar-refractivity contribution in [2.45, 2.75) is 0 Å². The van der Waals surface area contributed by atoms with Crippen LogP contribution in [0.4, 0.5) is 0 Å². The van der Waals surface area contributed by atoms with Crippen molar-refractivity contribution in [2.75, 3.05) is 0 Å². The van der Waals surface area contributed by atoms with Crippen molar-refractivity contribution in [1.29, 1.82) is 0 Å². The molecule has 0 amide bonds. The Bertz CT molecular complexity index is 7.51. The quantitative estimate of drug-likeness (QED) is 0.390. The first-order valence-corrected chi connectivity index (χ1v) is 0. The molecule has 0 fully saturated rings. The SMILES string of the molecule is [Ag+].[Cl-].[Cl-].[Cl-].[Cl-].[Fe+3]. The molecule has 0 aliphatic carbocycles. The second kappa shape index (κ2) is 52.2. The minimum absolute atomic E-state index is 0. The van der Waals surface area contributed by atoms with Crippen LogP contribution in [0.3, 0.4) is 0 Å². The molecule has 0 saturated heterocycles. The van der Waals surface area contributed by atoms with E-state index < -0.39 is 0 Å². The van der Waals surface area contributed by atoms with Crippen molar-refractivity contribution in [3.05, 3.63) is 0 Å². The fourth-order valence-electron chi connectivity index (χ4n) is 0. The topological polar surface area (TPSA) is 0 Å². The maximum absolute atomic E-state index is 0. The van der Waals surface area contributed by atoms with Gasteiger partial charge in [-0.3, -0.25) is 0 Å². The zero-order valence-electron chi connectivity index (χ0n) is 2.17. The second-order valence-electron chi connectivity index (χ2n) is 0. The van der Waals surface area contributed by atoms with Crippen LogP contribution in [0.1, 0.15) is 0 Å². The Labute approximate surface area is 88.2 Å². The molecule has 1 radical (unpaired) electrons. The van der Waals surface area contributed by atoms with Gasteiger partial charge in [0.1, 0.15) is 0 Å². The summed E-state index contributed by atoms with van der Waals surface area (Å²) in [6, 6.07) is 0. The molecular formula is AgCl4Fe. The summed E-state index contributed by atoms with van der Waals surface area (Å²) < 4.78 is 0. The Hall–Kier alpha value is 2.42. The smallest absolute Gasteiger partial charge is 1.00 e. The summed E-state index contributed by atoms with van der Waals surface area (Å²) in [5, 5.41) is 0. The van der Waals surface area contributed by atoms with Crippen molar-refractivity contribution in [1.82, 2.24) is 0 Å². The fourth-order valence-corrected chi connectivity index (χ4v) is 0. The molecule has 0 spiro atoms. The average Bonchev–Trinajstić information content (AvgIpc) is 0. The van der Waals surface area contributed by atoms with Gasteiger partial charge in [-0.15, -0.1) is 0 Å². The van der Waals surface area contributed by atoms with Crippen LogP contribution in [0.25, 0.3) is 0 Å². The van der Waals surface area contributed by atoms with Crippen molar-refractivity contribution < 1.29 is 89.1 Å². The molecule has 0 heterocycles. The van der Waals surface area contributed by atoms with E-state index in [0.717, 1.165) is 0 Å². The van der Waals surface area contributed by atoms with Gasteiger partial charge in [-0.1, -0.05) is 0 Å². The first kappa shape index (κ1) is 79.2. The Morgan fingerprint density at radius 1 is 0.500 bits per heavy atom. The number of halogens is 4. The van der Waals surface area contributed by atoms with Gasteiger partial charge in [-0.2, -0.15) is 0 Å². The minimum Gasteiger partial charge on any atom is -1.00 e. The van der Waals surface area contributed by atoms with Gasteiger partial charge in [0.25, 0.3) is 0 Å². The second-order valence-corrected chi connectivity index (χ2v) is 0. The first-order valence-electron chi connectivity index (χ1n) is 0. The Morgan fingerprint density at radius 3 is 0.500 bits per heavy atom. The molecule has 0 N–H and O–H groups in total. The number of hydrogen-bond donors (Lipinski definition) is 0. The summed E-state index contributed by atoms with van der Waals surface area (Å²) in [5.41, 5.74) is 0. The predicted molar refractivity (Wildman–Crippen MR) is 0 cm³/mol. The Kier molecular flexibility index (Phi) is 689. The van der Waals surface area contributed by atoms with E-state index in [2.05, 4.69) is 0 Å². The van der Waals surface area contributed by atoms with Crippen LogP contribution in [0, 0.1) is 0 Å². The standard InChI is InChI=1S/Ag.4ClH.Fe/h;4*1H;/q+1;;;;;+3/p-4. The predicted octanol–water partition coefficient (Wildman–Crippen LogP) is -12.0. The van der Waals surface area contributed by atoms with Crippen molar-refractivity contribution in [2.24, 2.45) is 0 Å². The van der Waals surface area contributed by atoms with E-state index in [0.29, 0.717) is 0 Å². The van der Waals surface area contributed by atoms with Crippen LogP contribution in [-0.2, 0) is 39.4 Å². The molecule has 0 aromatic carbocycles. The minimum atomic E-state index is 0. The molecule has 0 rings (SSSR count). The summed E-state index contributed by atoms with van der Waals surface area (Å²) >= 11 is 0. The monoisotopic (exact) mass is 303 g/mol. The average molecular weight is 306 g/mol. The fraction of sp³-hybridized carbons (Fsp3) is 0. The number of hydrogen-bond acceptors (Lipinski definition) is 0. The molecule has 0 atom stereocenters. The molecule has 0 nitrogen and oxygen atoms in total. The van der Waals surface area contributed by atoms with Gasteiger partial charge in [-0.25, -0.2) is 0 Å². The summed E-state index contributed by atoms with van der Waals surface area (Å²) in [7, 11) is 0. The molecule has 0 aromatic rings. The summed E-state index contributed by atoms with van der Waals surface area (Å²) in [5.74, 6) is 0. The van der Waals surface area contributed by atoms with Crippen LogP contribution in [0.2, 0.25) is 0 Å². The molecule has 6 heavy (non-hydrogen) atoms. The number of rotatable bonds is 0. The van der Waals surface area contributed by atoms with Crippen molar-refractivity contribution >= 4 is 0 Å². The van der Waals surface area contributed by atoms with E-state index in [1.54, 1.807) is 0 Å². The summed E-state index contributed by atoms with van der Waals surface area (Å²) in [4.78, 5) is 0. The van der Waals surface area contributed by atoms with E-state index in [9.17, 15) is 0 Å². The Balaban J connectivity index is 0. The van der Waals surface area contributed by atoms with Gasteiger partial charge in [0.15, 0.2) is 0 Å². The normalized spacial score (nSPS) is 0. The van der Waals surface area contributed by atoms with Crippen LogP contribution in [-0.4, -0.2) is 0 Å². The van der Waals surface area contributed by atoms with E-state index in [-0.39, 0.29) is 89.1 Å². The molecule has 0 bridgehead atoms. The van der Waals surface area contributed by atoms with Crippen molar-refractivity contribution in [3.63, 3.8) is 0 Å². The molecule has 0 aromatic heterocycles. The third kappa shape index (κ3) is 32.2. The van der Waals surface area contributed by atoms with Crippen LogP contribution >= 0.6 is 0 Å². The molecule has 0 saturated carbocycles. The first-order chi connectivity index (χ1) is 0. The third-order valence-electron chi connectivity index (χ3n) is 0. The van der Waals surface area contributed by atoms with E-state index in [4.69, 9.17) is 0 Å². The molecule has 0 aliphatic rings. The van der Waals surface area contributed by atoms with Crippen molar-refractivity contribution in [3.8, 4) is 0 Å². The zero-order valence-corrected chi connectivity index (χ0v) is 7.78. The third-order valence-corrected chi connectivity index (χ3v) is 0. The molecular weight excluding hydrogens is 306 g/mol. The largest absolute Gasteiger partial charge is 3.00 e. The van der Waals surface area contributed by atoms with Gasteiger partial charge in [0, 0.05) is 0 Å². The zero-order chi connectivity index (χ0) is 0. The van der Waals surface area contributed by atoms with E-state index in [1.807, 2.05) is 0 Å². The van der Waals surface area contributed by atoms with Crippen LogP contribution in [0.15, 0.2) is 0 Å². The molecule has 47 valence electrons. The maximum Gasteiger partial charge on any atom is 3.00 e. The molecule has 0 unspecified atom stereocenters. The summed E-state index contributed by atoms with van der Waals surface area (Å²) in [6.07, 6.45) is 0. The maximum atomic E-state index is 0.